The van der Waals surface area contributed by atoms with Gasteiger partial charge in [0, 0.05) is 13.1 Å². The van der Waals surface area contributed by atoms with Gasteiger partial charge in [-0.05, 0) is 19.1 Å². The fraction of sp³-hybridized carbons (Fsp3) is 0.462. The molecule has 0 radical (unpaired) electrons. The SMILES string of the molecule is CC1CN(C(=O)c2c(F)cccc2F)CC(CCl)O1. The summed E-state index contributed by atoms with van der Waals surface area (Å²) < 4.78 is 32.7. The van der Waals surface area contributed by atoms with Crippen LogP contribution in [0.4, 0.5) is 8.78 Å². The van der Waals surface area contributed by atoms with E-state index in [-0.39, 0.29) is 24.6 Å². The maximum Gasteiger partial charge on any atom is 0.260 e. The molecule has 0 bridgehead atoms. The minimum Gasteiger partial charge on any atom is -0.370 e. The fourth-order valence-electron chi connectivity index (χ4n) is 2.16. The lowest BCUT2D eigenvalue weighted by atomic mass is 10.1. The number of hydrogen-bond donors (Lipinski definition) is 0. The van der Waals surface area contributed by atoms with Gasteiger partial charge in [0.25, 0.3) is 5.91 Å². The zero-order valence-electron chi connectivity index (χ0n) is 10.4. The minimum absolute atomic E-state index is 0.212. The fourth-order valence-corrected chi connectivity index (χ4v) is 2.33. The van der Waals surface area contributed by atoms with Crippen molar-refractivity contribution in [2.45, 2.75) is 19.1 Å². The van der Waals surface area contributed by atoms with E-state index in [1.807, 2.05) is 0 Å². The van der Waals surface area contributed by atoms with Crippen molar-refractivity contribution in [2.75, 3.05) is 19.0 Å². The van der Waals surface area contributed by atoms with Gasteiger partial charge in [0.05, 0.1) is 18.1 Å². The molecule has 1 amide bonds. The highest BCUT2D eigenvalue weighted by Crippen LogP contribution is 2.19. The van der Waals surface area contributed by atoms with Crippen LogP contribution in [0.15, 0.2) is 18.2 Å². The van der Waals surface area contributed by atoms with E-state index in [2.05, 4.69) is 0 Å². The third-order valence-corrected chi connectivity index (χ3v) is 3.31. The van der Waals surface area contributed by atoms with Gasteiger partial charge in [-0.3, -0.25) is 4.79 Å². The van der Waals surface area contributed by atoms with Gasteiger partial charge in [-0.2, -0.15) is 0 Å². The molecular formula is C13H14ClF2NO2. The molecule has 1 saturated heterocycles. The summed E-state index contributed by atoms with van der Waals surface area (Å²) in [5.74, 6) is -2.15. The average molecular weight is 290 g/mol. The number of benzene rings is 1. The predicted molar refractivity (Wildman–Crippen MR) is 67.3 cm³/mol. The molecule has 2 atom stereocenters. The zero-order chi connectivity index (χ0) is 14.0. The standard InChI is InChI=1S/C13H14ClF2NO2/c1-8-6-17(7-9(5-14)19-8)13(18)12-10(15)3-2-4-11(12)16/h2-4,8-9H,5-7H2,1H3. The average Bonchev–Trinajstić information content (AvgIpc) is 2.37. The van der Waals surface area contributed by atoms with Crippen LogP contribution in [0.2, 0.25) is 0 Å². The zero-order valence-corrected chi connectivity index (χ0v) is 11.2. The largest absolute Gasteiger partial charge is 0.370 e. The number of carbonyl (C=O) groups is 1. The number of amides is 1. The van der Waals surface area contributed by atoms with Crippen molar-refractivity contribution in [1.82, 2.24) is 4.90 Å². The molecule has 1 aliphatic heterocycles. The number of morpholine rings is 1. The number of carbonyl (C=O) groups excluding carboxylic acids is 1. The van der Waals surface area contributed by atoms with Gasteiger partial charge < -0.3 is 9.64 Å². The van der Waals surface area contributed by atoms with Crippen LogP contribution in [0, 0.1) is 11.6 Å². The number of alkyl halides is 1. The van der Waals surface area contributed by atoms with E-state index in [1.54, 1.807) is 6.92 Å². The van der Waals surface area contributed by atoms with Crippen molar-refractivity contribution in [1.29, 1.82) is 0 Å². The molecule has 1 aromatic rings. The van der Waals surface area contributed by atoms with E-state index >= 15 is 0 Å². The number of halogens is 3. The van der Waals surface area contributed by atoms with Gasteiger partial charge in [-0.1, -0.05) is 6.07 Å². The topological polar surface area (TPSA) is 29.5 Å². The van der Waals surface area contributed by atoms with E-state index in [1.165, 1.54) is 11.0 Å². The molecule has 2 rings (SSSR count). The number of ether oxygens (including phenoxy) is 1. The Labute approximate surface area is 115 Å². The first kappa shape index (κ1) is 14.2. The molecule has 104 valence electrons. The lowest BCUT2D eigenvalue weighted by molar-refractivity contribution is -0.0572. The highest BCUT2D eigenvalue weighted by Gasteiger charge is 2.31. The third-order valence-electron chi connectivity index (χ3n) is 2.96. The Morgan fingerprint density at radius 2 is 2.05 bits per heavy atom. The molecule has 3 nitrogen and oxygen atoms in total. The molecule has 19 heavy (non-hydrogen) atoms. The summed E-state index contributed by atoms with van der Waals surface area (Å²) in [6.07, 6.45) is -0.527. The third kappa shape index (κ3) is 3.04. The Balaban J connectivity index is 2.24. The van der Waals surface area contributed by atoms with Gasteiger partial charge in [-0.15, -0.1) is 11.6 Å². The second-order valence-corrected chi connectivity index (χ2v) is 4.84. The van der Waals surface area contributed by atoms with Crippen LogP contribution in [0.1, 0.15) is 17.3 Å². The molecule has 6 heteroatoms. The quantitative estimate of drug-likeness (QED) is 0.783. The Kier molecular flexibility index (Phi) is 4.37. The first-order valence-corrected chi connectivity index (χ1v) is 6.51. The highest BCUT2D eigenvalue weighted by molar-refractivity contribution is 6.18. The second kappa shape index (κ2) is 5.84. The van der Waals surface area contributed by atoms with E-state index in [4.69, 9.17) is 16.3 Å². The van der Waals surface area contributed by atoms with Gasteiger partial charge in [0.15, 0.2) is 0 Å². The van der Waals surface area contributed by atoms with Crippen LogP contribution in [0.5, 0.6) is 0 Å². The summed E-state index contributed by atoms with van der Waals surface area (Å²) in [5, 5.41) is 0. The van der Waals surface area contributed by atoms with Crippen LogP contribution in [-0.2, 0) is 4.74 Å². The summed E-state index contributed by atoms with van der Waals surface area (Å²) in [6.45, 7) is 2.32. The van der Waals surface area contributed by atoms with Crippen molar-refractivity contribution in [3.63, 3.8) is 0 Å². The molecule has 0 aliphatic carbocycles. The van der Waals surface area contributed by atoms with Crippen LogP contribution in [0.25, 0.3) is 0 Å². The molecule has 2 unspecified atom stereocenters. The maximum atomic E-state index is 13.6. The Hall–Kier alpha value is -1.20. The number of nitrogens with zero attached hydrogens (tertiary/aromatic N) is 1. The Morgan fingerprint density at radius 3 is 2.63 bits per heavy atom. The second-order valence-electron chi connectivity index (χ2n) is 4.53. The van der Waals surface area contributed by atoms with Crippen molar-refractivity contribution in [3.05, 3.63) is 35.4 Å². The lowest BCUT2D eigenvalue weighted by Gasteiger charge is -2.36. The van der Waals surface area contributed by atoms with Gasteiger partial charge in [0.1, 0.15) is 17.2 Å². The summed E-state index contributed by atoms with van der Waals surface area (Å²) in [6, 6.07) is 3.36. The molecule has 1 fully saturated rings. The lowest BCUT2D eigenvalue weighted by Crippen LogP contribution is -2.50. The maximum absolute atomic E-state index is 13.6. The summed E-state index contributed by atoms with van der Waals surface area (Å²) >= 11 is 5.71. The number of hydrogen-bond acceptors (Lipinski definition) is 2. The van der Waals surface area contributed by atoms with E-state index in [0.29, 0.717) is 6.54 Å². The first-order chi connectivity index (χ1) is 9.02. The minimum atomic E-state index is -0.855. The molecule has 0 spiro atoms. The molecule has 1 aromatic carbocycles. The van der Waals surface area contributed by atoms with Crippen molar-refractivity contribution < 1.29 is 18.3 Å². The molecular weight excluding hydrogens is 276 g/mol. The predicted octanol–water partition coefficient (Wildman–Crippen LogP) is 2.43. The molecule has 0 N–H and O–H groups in total. The first-order valence-electron chi connectivity index (χ1n) is 5.97. The van der Waals surface area contributed by atoms with Crippen LogP contribution >= 0.6 is 11.6 Å². The monoisotopic (exact) mass is 289 g/mol. The van der Waals surface area contributed by atoms with E-state index in [0.717, 1.165) is 12.1 Å². The van der Waals surface area contributed by atoms with Crippen LogP contribution < -0.4 is 0 Å². The van der Waals surface area contributed by atoms with Crippen LogP contribution in [-0.4, -0.2) is 42.0 Å². The summed E-state index contributed by atoms with van der Waals surface area (Å²) in [7, 11) is 0. The Bertz CT molecular complexity index is 463. The Morgan fingerprint density at radius 1 is 1.42 bits per heavy atom. The normalized spacial score (nSPS) is 23.5. The summed E-state index contributed by atoms with van der Waals surface area (Å²) in [5.41, 5.74) is -0.523. The molecule has 0 aromatic heterocycles. The van der Waals surface area contributed by atoms with Gasteiger partial charge in [0.2, 0.25) is 0 Å². The van der Waals surface area contributed by atoms with Crippen molar-refractivity contribution >= 4 is 17.5 Å². The van der Waals surface area contributed by atoms with Crippen LogP contribution in [0.3, 0.4) is 0 Å². The van der Waals surface area contributed by atoms with Gasteiger partial charge >= 0.3 is 0 Å². The van der Waals surface area contributed by atoms with E-state index < -0.39 is 23.1 Å². The van der Waals surface area contributed by atoms with E-state index in [9.17, 15) is 13.6 Å². The number of rotatable bonds is 2. The van der Waals surface area contributed by atoms with Crippen molar-refractivity contribution in [2.24, 2.45) is 0 Å². The smallest absolute Gasteiger partial charge is 0.260 e. The summed E-state index contributed by atoms with van der Waals surface area (Å²) in [4.78, 5) is 13.6. The molecule has 1 heterocycles. The molecule has 1 aliphatic rings. The highest BCUT2D eigenvalue weighted by atomic mass is 35.5. The van der Waals surface area contributed by atoms with Crippen molar-refractivity contribution in [3.8, 4) is 0 Å². The molecule has 0 saturated carbocycles. The van der Waals surface area contributed by atoms with Gasteiger partial charge in [-0.25, -0.2) is 8.78 Å².